The molecule has 2 aromatic rings. The predicted octanol–water partition coefficient (Wildman–Crippen LogP) is 4.68. The van der Waals surface area contributed by atoms with E-state index in [1.165, 1.54) is 0 Å². The normalized spacial score (nSPS) is 15.9. The second-order valence-electron chi connectivity index (χ2n) is 4.96. The van der Waals surface area contributed by atoms with Gasteiger partial charge >= 0.3 is 0 Å². The topological polar surface area (TPSA) is 29.5 Å². The molecule has 0 bridgehead atoms. The summed E-state index contributed by atoms with van der Waals surface area (Å²) in [5, 5.41) is 10.6. The number of aliphatic hydroxyl groups is 1. The number of hydrogen-bond donors (Lipinski definition) is 1. The predicted molar refractivity (Wildman–Crippen MR) is 91.0 cm³/mol. The Labute approximate surface area is 140 Å². The third-order valence-electron chi connectivity index (χ3n) is 3.25. The molecule has 0 radical (unpaired) electrons. The van der Waals surface area contributed by atoms with Gasteiger partial charge in [-0.2, -0.15) is 0 Å². The molecule has 1 N–H and O–H groups in total. The Morgan fingerprint density at radius 1 is 1.20 bits per heavy atom. The van der Waals surface area contributed by atoms with Crippen LogP contribution >= 0.6 is 38.5 Å². The van der Waals surface area contributed by atoms with E-state index in [1.54, 1.807) is 0 Å². The first-order valence-electron chi connectivity index (χ1n) is 6.53. The molecular weight excluding hydrogens is 431 g/mol. The maximum absolute atomic E-state index is 10.6. The number of aliphatic hydroxyl groups excluding tert-OH is 1. The average Bonchev–Trinajstić information content (AvgIpc) is 3.25. The quantitative estimate of drug-likeness (QED) is 0.694. The van der Waals surface area contributed by atoms with Crippen molar-refractivity contribution in [1.82, 2.24) is 0 Å². The molecule has 1 aliphatic rings. The van der Waals surface area contributed by atoms with Crippen molar-refractivity contribution in [1.29, 1.82) is 0 Å². The van der Waals surface area contributed by atoms with Gasteiger partial charge < -0.3 is 9.84 Å². The molecule has 1 fully saturated rings. The summed E-state index contributed by atoms with van der Waals surface area (Å²) in [5.74, 6) is 0.842. The Balaban J connectivity index is 1.88. The van der Waals surface area contributed by atoms with Crippen LogP contribution in [0.3, 0.4) is 0 Å². The molecule has 2 aromatic carbocycles. The number of halogens is 2. The van der Waals surface area contributed by atoms with Crippen molar-refractivity contribution >= 4 is 38.5 Å². The lowest BCUT2D eigenvalue weighted by atomic mass is 10.0. The van der Waals surface area contributed by atoms with Crippen LogP contribution in [0.15, 0.2) is 46.9 Å². The van der Waals surface area contributed by atoms with Crippen LogP contribution < -0.4 is 4.74 Å². The van der Waals surface area contributed by atoms with Crippen LogP contribution in [0.5, 0.6) is 5.75 Å². The molecule has 1 unspecified atom stereocenters. The molecule has 0 aromatic heterocycles. The zero-order valence-electron chi connectivity index (χ0n) is 10.7. The van der Waals surface area contributed by atoms with E-state index in [0.29, 0.717) is 6.10 Å². The van der Waals surface area contributed by atoms with Gasteiger partial charge in [-0.05, 0) is 76.9 Å². The highest BCUT2D eigenvalue weighted by atomic mass is 127. The third-order valence-corrected chi connectivity index (χ3v) is 4.73. The van der Waals surface area contributed by atoms with Gasteiger partial charge in [0.1, 0.15) is 11.9 Å². The SMILES string of the molecule is OC(c1cccc(OC2CC2)c1)c1cc(Br)ccc1I. The summed E-state index contributed by atoms with van der Waals surface area (Å²) < 4.78 is 7.80. The highest BCUT2D eigenvalue weighted by molar-refractivity contribution is 14.1. The minimum Gasteiger partial charge on any atom is -0.490 e. The second-order valence-corrected chi connectivity index (χ2v) is 7.04. The Morgan fingerprint density at radius 2 is 2.00 bits per heavy atom. The lowest BCUT2D eigenvalue weighted by Crippen LogP contribution is -2.03. The molecule has 1 saturated carbocycles. The molecule has 0 amide bonds. The Bertz CT molecular complexity index is 626. The van der Waals surface area contributed by atoms with Gasteiger partial charge in [0, 0.05) is 8.04 Å². The van der Waals surface area contributed by atoms with E-state index in [0.717, 1.165) is 37.8 Å². The molecule has 1 atom stereocenters. The Hall–Kier alpha value is -0.590. The Morgan fingerprint density at radius 3 is 2.75 bits per heavy atom. The van der Waals surface area contributed by atoms with E-state index in [1.807, 2.05) is 42.5 Å². The number of benzene rings is 2. The van der Waals surface area contributed by atoms with Gasteiger partial charge in [-0.3, -0.25) is 0 Å². The van der Waals surface area contributed by atoms with Crippen molar-refractivity contribution in [3.05, 3.63) is 61.6 Å². The molecule has 0 spiro atoms. The molecule has 104 valence electrons. The van der Waals surface area contributed by atoms with E-state index in [2.05, 4.69) is 38.5 Å². The van der Waals surface area contributed by atoms with Gasteiger partial charge in [-0.25, -0.2) is 0 Å². The maximum atomic E-state index is 10.6. The van der Waals surface area contributed by atoms with Gasteiger partial charge in [0.25, 0.3) is 0 Å². The minimum absolute atomic E-state index is 0.369. The molecule has 0 saturated heterocycles. The fourth-order valence-corrected chi connectivity index (χ4v) is 3.05. The smallest absolute Gasteiger partial charge is 0.120 e. The summed E-state index contributed by atoms with van der Waals surface area (Å²) in [6, 6.07) is 13.7. The summed E-state index contributed by atoms with van der Waals surface area (Å²) in [6.45, 7) is 0. The number of ether oxygens (including phenoxy) is 1. The molecule has 3 rings (SSSR count). The van der Waals surface area contributed by atoms with Crippen molar-refractivity contribution in [3.8, 4) is 5.75 Å². The first-order chi connectivity index (χ1) is 9.63. The molecule has 4 heteroatoms. The molecule has 0 aliphatic heterocycles. The number of hydrogen-bond acceptors (Lipinski definition) is 2. The molecule has 2 nitrogen and oxygen atoms in total. The first-order valence-corrected chi connectivity index (χ1v) is 8.40. The lowest BCUT2D eigenvalue weighted by molar-refractivity contribution is 0.218. The van der Waals surface area contributed by atoms with E-state index >= 15 is 0 Å². The van der Waals surface area contributed by atoms with Gasteiger partial charge in [-0.15, -0.1) is 0 Å². The Kier molecular flexibility index (Phi) is 4.33. The second kappa shape index (κ2) is 6.03. The summed E-state index contributed by atoms with van der Waals surface area (Å²) in [4.78, 5) is 0. The van der Waals surface area contributed by atoms with Crippen molar-refractivity contribution in [2.75, 3.05) is 0 Å². The van der Waals surface area contributed by atoms with Crippen LogP contribution in [0.25, 0.3) is 0 Å². The van der Waals surface area contributed by atoms with Crippen molar-refractivity contribution in [2.24, 2.45) is 0 Å². The van der Waals surface area contributed by atoms with Crippen LogP contribution in [0.4, 0.5) is 0 Å². The number of rotatable bonds is 4. The van der Waals surface area contributed by atoms with Crippen molar-refractivity contribution in [3.63, 3.8) is 0 Å². The molecular formula is C16H14BrIO2. The van der Waals surface area contributed by atoms with Gasteiger partial charge in [0.15, 0.2) is 0 Å². The van der Waals surface area contributed by atoms with Crippen LogP contribution in [0.1, 0.15) is 30.1 Å². The average molecular weight is 445 g/mol. The zero-order valence-corrected chi connectivity index (χ0v) is 14.5. The van der Waals surface area contributed by atoms with Gasteiger partial charge in [-0.1, -0.05) is 28.1 Å². The highest BCUT2D eigenvalue weighted by Crippen LogP contribution is 2.32. The maximum Gasteiger partial charge on any atom is 0.120 e. The standard InChI is InChI=1S/C16H14BrIO2/c17-11-4-7-15(18)14(9-11)16(19)10-2-1-3-13(8-10)20-12-5-6-12/h1-4,7-9,12,16,19H,5-6H2. The summed E-state index contributed by atoms with van der Waals surface area (Å²) >= 11 is 5.70. The van der Waals surface area contributed by atoms with Crippen LogP contribution in [0, 0.1) is 3.57 Å². The largest absolute Gasteiger partial charge is 0.490 e. The fraction of sp³-hybridized carbons (Fsp3) is 0.250. The molecule has 1 aliphatic carbocycles. The summed E-state index contributed by atoms with van der Waals surface area (Å²) in [7, 11) is 0. The first kappa shape index (κ1) is 14.4. The van der Waals surface area contributed by atoms with Gasteiger partial charge in [0.2, 0.25) is 0 Å². The summed E-state index contributed by atoms with van der Waals surface area (Å²) in [5.41, 5.74) is 1.77. The fourth-order valence-electron chi connectivity index (χ4n) is 2.04. The monoisotopic (exact) mass is 444 g/mol. The van der Waals surface area contributed by atoms with Crippen molar-refractivity contribution in [2.45, 2.75) is 25.0 Å². The highest BCUT2D eigenvalue weighted by Gasteiger charge is 2.24. The summed E-state index contributed by atoms with van der Waals surface area (Å²) in [6.07, 6.45) is 2.00. The zero-order chi connectivity index (χ0) is 14.1. The van der Waals surface area contributed by atoms with Crippen LogP contribution in [0.2, 0.25) is 0 Å². The van der Waals surface area contributed by atoms with Gasteiger partial charge in [0.05, 0.1) is 6.10 Å². The molecule has 0 heterocycles. The van der Waals surface area contributed by atoms with Crippen LogP contribution in [-0.4, -0.2) is 11.2 Å². The van der Waals surface area contributed by atoms with E-state index in [9.17, 15) is 5.11 Å². The van der Waals surface area contributed by atoms with E-state index in [4.69, 9.17) is 4.74 Å². The molecule has 20 heavy (non-hydrogen) atoms. The lowest BCUT2D eigenvalue weighted by Gasteiger charge is -2.15. The third kappa shape index (κ3) is 3.35. The minimum atomic E-state index is -0.637. The van der Waals surface area contributed by atoms with E-state index in [-0.39, 0.29) is 0 Å². The van der Waals surface area contributed by atoms with Crippen molar-refractivity contribution < 1.29 is 9.84 Å². The van der Waals surface area contributed by atoms with E-state index < -0.39 is 6.10 Å². The van der Waals surface area contributed by atoms with Crippen LogP contribution in [-0.2, 0) is 0 Å².